The number of aromatic nitrogens is 1. The number of ether oxygens (including phenoxy) is 2. The van der Waals surface area contributed by atoms with Crippen molar-refractivity contribution in [3.8, 4) is 5.88 Å². The number of carbonyl (C=O) groups is 2. The summed E-state index contributed by atoms with van der Waals surface area (Å²) in [7, 11) is 0. The molecule has 7 heteroatoms. The number of esters is 1. The predicted octanol–water partition coefficient (Wildman–Crippen LogP) is 3.00. The molecule has 0 aliphatic heterocycles. The summed E-state index contributed by atoms with van der Waals surface area (Å²) in [6.07, 6.45) is 3.44. The average Bonchev–Trinajstić information content (AvgIpc) is 2.61. The number of para-hydroxylation sites is 1. The first-order valence-electron chi connectivity index (χ1n) is 7.33. The molecule has 1 aromatic heterocycles. The van der Waals surface area contributed by atoms with E-state index in [1.54, 1.807) is 25.1 Å². The number of pyridine rings is 1. The van der Waals surface area contributed by atoms with Gasteiger partial charge in [-0.3, -0.25) is 4.79 Å². The maximum Gasteiger partial charge on any atom is 0.344 e. The van der Waals surface area contributed by atoms with Gasteiger partial charge in [0.25, 0.3) is 5.91 Å². The first-order valence-corrected chi connectivity index (χ1v) is 8.56. The summed E-state index contributed by atoms with van der Waals surface area (Å²) in [4.78, 5) is 29.0. The van der Waals surface area contributed by atoms with Crippen LogP contribution >= 0.6 is 11.8 Å². The fourth-order valence-corrected chi connectivity index (χ4v) is 2.49. The van der Waals surface area contributed by atoms with Crippen molar-refractivity contribution in [3.05, 3.63) is 48.2 Å². The fraction of sp³-hybridized carbons (Fsp3) is 0.235. The van der Waals surface area contributed by atoms with Crippen molar-refractivity contribution in [2.24, 2.45) is 0 Å². The Morgan fingerprint density at radius 3 is 2.75 bits per heavy atom. The first kappa shape index (κ1) is 17.8. The van der Waals surface area contributed by atoms with Gasteiger partial charge in [0.2, 0.25) is 5.88 Å². The highest BCUT2D eigenvalue weighted by Crippen LogP contribution is 2.24. The summed E-state index contributed by atoms with van der Waals surface area (Å²) in [5.41, 5.74) is 0.874. The van der Waals surface area contributed by atoms with Gasteiger partial charge in [0.05, 0.1) is 12.3 Å². The molecular formula is C17H18N2O4S. The molecule has 1 heterocycles. The second-order valence-corrected chi connectivity index (χ2v) is 5.46. The van der Waals surface area contributed by atoms with E-state index >= 15 is 0 Å². The fourth-order valence-electron chi connectivity index (χ4n) is 1.94. The van der Waals surface area contributed by atoms with Crippen LogP contribution in [0.1, 0.15) is 17.3 Å². The number of hydrogen-bond acceptors (Lipinski definition) is 6. The number of hydrogen-bond donors (Lipinski definition) is 1. The Hall–Kier alpha value is -2.54. The number of benzene rings is 1. The molecule has 0 spiro atoms. The third-order valence-corrected chi connectivity index (χ3v) is 3.78. The number of nitrogens with zero attached hydrogens (tertiary/aromatic N) is 1. The van der Waals surface area contributed by atoms with Crippen LogP contribution in [-0.2, 0) is 9.53 Å². The van der Waals surface area contributed by atoms with Crippen molar-refractivity contribution in [1.29, 1.82) is 0 Å². The molecule has 1 amide bonds. The lowest BCUT2D eigenvalue weighted by atomic mass is 10.3. The number of rotatable bonds is 7. The highest BCUT2D eigenvalue weighted by molar-refractivity contribution is 7.98. The van der Waals surface area contributed by atoms with Gasteiger partial charge in [-0.1, -0.05) is 12.1 Å². The number of thioether (sulfide) groups is 1. The molecule has 2 aromatic rings. The van der Waals surface area contributed by atoms with E-state index in [0.717, 1.165) is 4.90 Å². The lowest BCUT2D eigenvalue weighted by Gasteiger charge is -2.10. The number of amides is 1. The molecule has 0 fully saturated rings. The zero-order valence-electron chi connectivity index (χ0n) is 13.4. The van der Waals surface area contributed by atoms with Gasteiger partial charge < -0.3 is 14.8 Å². The van der Waals surface area contributed by atoms with Crippen molar-refractivity contribution in [2.45, 2.75) is 11.8 Å². The van der Waals surface area contributed by atoms with Crippen LogP contribution in [0.15, 0.2) is 47.5 Å². The highest BCUT2D eigenvalue weighted by Gasteiger charge is 2.16. The molecule has 0 saturated heterocycles. The summed E-state index contributed by atoms with van der Waals surface area (Å²) < 4.78 is 10.3. The third-order valence-electron chi connectivity index (χ3n) is 2.99. The quantitative estimate of drug-likeness (QED) is 0.613. The lowest BCUT2D eigenvalue weighted by molar-refractivity contribution is -0.119. The molecule has 1 aromatic carbocycles. The van der Waals surface area contributed by atoms with E-state index in [0.29, 0.717) is 12.3 Å². The monoisotopic (exact) mass is 346 g/mol. The van der Waals surface area contributed by atoms with E-state index in [1.165, 1.54) is 18.0 Å². The largest absolute Gasteiger partial charge is 0.477 e. The van der Waals surface area contributed by atoms with E-state index in [4.69, 9.17) is 9.47 Å². The zero-order chi connectivity index (χ0) is 17.4. The Balaban J connectivity index is 1.95. The summed E-state index contributed by atoms with van der Waals surface area (Å²) in [6, 6.07) is 10.6. The number of nitrogens with one attached hydrogen (secondary N) is 1. The SMILES string of the molecule is CCOc1ncccc1C(=O)OCC(=O)Nc1ccccc1SC. The van der Waals surface area contributed by atoms with Crippen LogP contribution < -0.4 is 10.1 Å². The van der Waals surface area contributed by atoms with Crippen LogP contribution in [0.5, 0.6) is 5.88 Å². The molecule has 0 aliphatic rings. The Bertz CT molecular complexity index is 721. The van der Waals surface area contributed by atoms with Crippen molar-refractivity contribution < 1.29 is 19.1 Å². The van der Waals surface area contributed by atoms with Gasteiger partial charge in [-0.25, -0.2) is 9.78 Å². The Morgan fingerprint density at radius 2 is 2.00 bits per heavy atom. The van der Waals surface area contributed by atoms with Crippen LogP contribution in [-0.4, -0.2) is 36.3 Å². The predicted molar refractivity (Wildman–Crippen MR) is 92.5 cm³/mol. The van der Waals surface area contributed by atoms with E-state index in [-0.39, 0.29) is 18.1 Å². The molecule has 6 nitrogen and oxygen atoms in total. The summed E-state index contributed by atoms with van der Waals surface area (Å²) >= 11 is 1.52. The minimum atomic E-state index is -0.653. The lowest BCUT2D eigenvalue weighted by Crippen LogP contribution is -2.21. The summed E-state index contributed by atoms with van der Waals surface area (Å²) in [6.45, 7) is 1.78. The molecule has 2 rings (SSSR count). The first-order chi connectivity index (χ1) is 11.7. The van der Waals surface area contributed by atoms with E-state index in [1.807, 2.05) is 24.5 Å². The molecule has 0 unspecified atom stereocenters. The normalized spacial score (nSPS) is 10.1. The highest BCUT2D eigenvalue weighted by atomic mass is 32.2. The van der Waals surface area contributed by atoms with Crippen LogP contribution in [0.2, 0.25) is 0 Å². The van der Waals surface area contributed by atoms with Gasteiger partial charge in [0, 0.05) is 11.1 Å². The molecular weight excluding hydrogens is 328 g/mol. The van der Waals surface area contributed by atoms with E-state index in [2.05, 4.69) is 10.3 Å². The second-order valence-electron chi connectivity index (χ2n) is 4.61. The van der Waals surface area contributed by atoms with Crippen LogP contribution in [0.3, 0.4) is 0 Å². The molecule has 0 atom stereocenters. The van der Waals surface area contributed by atoms with E-state index < -0.39 is 11.9 Å². The molecule has 0 saturated carbocycles. The minimum absolute atomic E-state index is 0.191. The van der Waals surface area contributed by atoms with Crippen molar-refractivity contribution in [3.63, 3.8) is 0 Å². The molecule has 24 heavy (non-hydrogen) atoms. The van der Waals surface area contributed by atoms with Crippen molar-refractivity contribution in [1.82, 2.24) is 4.98 Å². The van der Waals surface area contributed by atoms with Gasteiger partial charge >= 0.3 is 5.97 Å². The van der Waals surface area contributed by atoms with Gasteiger partial charge in [-0.2, -0.15) is 0 Å². The molecule has 0 bridgehead atoms. The minimum Gasteiger partial charge on any atom is -0.477 e. The molecule has 0 aliphatic carbocycles. The zero-order valence-corrected chi connectivity index (χ0v) is 14.3. The van der Waals surface area contributed by atoms with E-state index in [9.17, 15) is 9.59 Å². The molecule has 1 N–H and O–H groups in total. The van der Waals surface area contributed by atoms with Gasteiger partial charge in [0.1, 0.15) is 5.56 Å². The topological polar surface area (TPSA) is 77.5 Å². The summed E-state index contributed by atoms with van der Waals surface area (Å²) in [5, 5.41) is 2.72. The third kappa shape index (κ3) is 4.73. The van der Waals surface area contributed by atoms with Gasteiger partial charge in [-0.05, 0) is 37.4 Å². The molecule has 0 radical (unpaired) electrons. The number of carbonyl (C=O) groups excluding carboxylic acids is 2. The van der Waals surface area contributed by atoms with Gasteiger partial charge in [-0.15, -0.1) is 11.8 Å². The Labute approximate surface area is 144 Å². The smallest absolute Gasteiger partial charge is 0.344 e. The second kappa shape index (κ2) is 8.93. The van der Waals surface area contributed by atoms with Crippen LogP contribution in [0, 0.1) is 0 Å². The van der Waals surface area contributed by atoms with Gasteiger partial charge in [0.15, 0.2) is 6.61 Å². The van der Waals surface area contributed by atoms with Crippen molar-refractivity contribution >= 4 is 29.3 Å². The standard InChI is InChI=1S/C17H18N2O4S/c1-3-22-16-12(7-6-10-18-16)17(21)23-11-15(20)19-13-8-4-5-9-14(13)24-2/h4-10H,3,11H2,1-2H3,(H,19,20). The Kier molecular flexibility index (Phi) is 6.62. The summed E-state index contributed by atoms with van der Waals surface area (Å²) in [5.74, 6) is -0.871. The number of anilines is 1. The van der Waals surface area contributed by atoms with Crippen molar-refractivity contribution in [2.75, 3.05) is 24.8 Å². The maximum absolute atomic E-state index is 12.1. The van der Waals surface area contributed by atoms with Crippen LogP contribution in [0.25, 0.3) is 0 Å². The maximum atomic E-state index is 12.1. The van der Waals surface area contributed by atoms with Crippen LogP contribution in [0.4, 0.5) is 5.69 Å². The Morgan fingerprint density at radius 1 is 1.21 bits per heavy atom. The average molecular weight is 346 g/mol. The molecule has 126 valence electrons.